The van der Waals surface area contributed by atoms with Crippen LogP contribution < -0.4 is 5.56 Å². The Balaban J connectivity index is 1.39. The van der Waals surface area contributed by atoms with E-state index in [1.165, 1.54) is 6.33 Å². The summed E-state index contributed by atoms with van der Waals surface area (Å²) in [6.07, 6.45) is 7.32. The van der Waals surface area contributed by atoms with Gasteiger partial charge in [0, 0.05) is 25.7 Å². The fourth-order valence-corrected chi connectivity index (χ4v) is 3.75. The Morgan fingerprint density at radius 2 is 2.04 bits per heavy atom. The maximum atomic E-state index is 12.3. The Labute approximate surface area is 145 Å². The molecule has 1 aliphatic carbocycles. The minimum atomic E-state index is -0.111. The molecule has 3 heterocycles. The van der Waals surface area contributed by atoms with E-state index < -0.39 is 0 Å². The molecule has 132 valence electrons. The standard InChI is InChI=1S/C17H22N6O2/c24-15-9-13-3-1-2-4-14(13)21-23(15)10-12-5-7-22(8-6-12)17(25)16-18-11-19-20-16/h9,11-12H,1-8,10H2,(H,18,19,20). The number of fused-ring (bicyclic) bond motifs is 1. The summed E-state index contributed by atoms with van der Waals surface area (Å²) in [4.78, 5) is 30.3. The summed E-state index contributed by atoms with van der Waals surface area (Å²) in [5.74, 6) is 0.539. The highest BCUT2D eigenvalue weighted by atomic mass is 16.2. The molecular formula is C17H22N6O2. The van der Waals surface area contributed by atoms with Gasteiger partial charge in [0.1, 0.15) is 6.33 Å². The number of H-pyrrole nitrogens is 1. The van der Waals surface area contributed by atoms with E-state index in [1.54, 1.807) is 15.6 Å². The van der Waals surface area contributed by atoms with Gasteiger partial charge in [-0.1, -0.05) is 0 Å². The molecule has 0 atom stereocenters. The van der Waals surface area contributed by atoms with E-state index in [9.17, 15) is 9.59 Å². The van der Waals surface area contributed by atoms with Crippen LogP contribution in [0, 0.1) is 5.92 Å². The number of hydrogen-bond donors (Lipinski definition) is 1. The van der Waals surface area contributed by atoms with Crippen LogP contribution in [0.2, 0.25) is 0 Å². The average Bonchev–Trinajstić information content (AvgIpc) is 3.17. The highest BCUT2D eigenvalue weighted by molar-refractivity contribution is 5.90. The smallest absolute Gasteiger partial charge is 0.291 e. The van der Waals surface area contributed by atoms with Gasteiger partial charge in [-0.05, 0) is 50.0 Å². The normalized spacial score (nSPS) is 18.2. The number of carbonyl (C=O) groups is 1. The number of nitrogens with one attached hydrogen (secondary N) is 1. The van der Waals surface area contributed by atoms with Gasteiger partial charge in [0.2, 0.25) is 5.82 Å². The molecule has 1 saturated heterocycles. The fourth-order valence-electron chi connectivity index (χ4n) is 3.75. The number of aromatic nitrogens is 5. The highest BCUT2D eigenvalue weighted by Gasteiger charge is 2.26. The van der Waals surface area contributed by atoms with Crippen molar-refractivity contribution in [3.05, 3.63) is 39.8 Å². The number of rotatable bonds is 3. The van der Waals surface area contributed by atoms with Gasteiger partial charge >= 0.3 is 0 Å². The van der Waals surface area contributed by atoms with Crippen LogP contribution in [0.4, 0.5) is 0 Å². The fraction of sp³-hybridized carbons (Fsp3) is 0.588. The second kappa shape index (κ2) is 6.78. The molecule has 0 aromatic carbocycles. The number of likely N-dealkylation sites (tertiary alicyclic amines) is 1. The molecule has 0 unspecified atom stereocenters. The zero-order valence-corrected chi connectivity index (χ0v) is 14.1. The van der Waals surface area contributed by atoms with Gasteiger partial charge in [-0.3, -0.25) is 14.7 Å². The predicted molar refractivity (Wildman–Crippen MR) is 90.1 cm³/mol. The third-order valence-corrected chi connectivity index (χ3v) is 5.22. The quantitative estimate of drug-likeness (QED) is 0.889. The zero-order valence-electron chi connectivity index (χ0n) is 14.1. The van der Waals surface area contributed by atoms with E-state index in [-0.39, 0.29) is 17.3 Å². The molecule has 0 spiro atoms. The van der Waals surface area contributed by atoms with Crippen LogP contribution >= 0.6 is 0 Å². The van der Waals surface area contributed by atoms with Crippen LogP contribution in [0.3, 0.4) is 0 Å². The van der Waals surface area contributed by atoms with Crippen molar-refractivity contribution in [2.75, 3.05) is 13.1 Å². The van der Waals surface area contributed by atoms with Crippen LogP contribution in [0.5, 0.6) is 0 Å². The SMILES string of the molecule is O=C(c1ncn[nH]1)N1CCC(Cn2nc3c(cc2=O)CCCC3)CC1. The maximum Gasteiger partial charge on any atom is 0.291 e. The number of aryl methyl sites for hydroxylation is 2. The molecule has 1 N–H and O–H groups in total. The van der Waals surface area contributed by atoms with Crippen molar-refractivity contribution >= 4 is 5.91 Å². The van der Waals surface area contributed by atoms with Crippen LogP contribution in [0.15, 0.2) is 17.2 Å². The maximum absolute atomic E-state index is 12.3. The molecule has 8 heteroatoms. The van der Waals surface area contributed by atoms with Gasteiger partial charge in [0.05, 0.1) is 5.69 Å². The van der Waals surface area contributed by atoms with Gasteiger partial charge in [-0.15, -0.1) is 0 Å². The molecule has 2 aromatic rings. The topological polar surface area (TPSA) is 96.8 Å². The summed E-state index contributed by atoms with van der Waals surface area (Å²) in [6.45, 7) is 1.98. The molecule has 2 aliphatic rings. The lowest BCUT2D eigenvalue weighted by molar-refractivity contribution is 0.0668. The van der Waals surface area contributed by atoms with Crippen molar-refractivity contribution in [2.24, 2.45) is 5.92 Å². The molecule has 8 nitrogen and oxygen atoms in total. The number of amides is 1. The van der Waals surface area contributed by atoms with Gasteiger partial charge < -0.3 is 4.90 Å². The molecule has 0 bridgehead atoms. The van der Waals surface area contributed by atoms with Crippen molar-refractivity contribution in [1.82, 2.24) is 29.9 Å². The lowest BCUT2D eigenvalue weighted by Gasteiger charge is -2.31. The van der Waals surface area contributed by atoms with E-state index in [0.29, 0.717) is 25.6 Å². The summed E-state index contributed by atoms with van der Waals surface area (Å²) in [7, 11) is 0. The van der Waals surface area contributed by atoms with Gasteiger partial charge in [-0.2, -0.15) is 10.2 Å². The van der Waals surface area contributed by atoms with Crippen molar-refractivity contribution in [1.29, 1.82) is 0 Å². The predicted octanol–water partition coefficient (Wildman–Crippen LogP) is 0.793. The average molecular weight is 342 g/mol. The highest BCUT2D eigenvalue weighted by Crippen LogP contribution is 2.21. The van der Waals surface area contributed by atoms with E-state index in [1.807, 2.05) is 0 Å². The van der Waals surface area contributed by atoms with Crippen molar-refractivity contribution in [3.63, 3.8) is 0 Å². The lowest BCUT2D eigenvalue weighted by atomic mass is 9.95. The van der Waals surface area contributed by atoms with Crippen molar-refractivity contribution in [3.8, 4) is 0 Å². The summed E-state index contributed by atoms with van der Waals surface area (Å²) in [5.41, 5.74) is 2.21. The molecule has 25 heavy (non-hydrogen) atoms. The van der Waals surface area contributed by atoms with Crippen LogP contribution in [0.1, 0.15) is 47.6 Å². The molecule has 1 amide bonds. The van der Waals surface area contributed by atoms with E-state index >= 15 is 0 Å². The molecule has 4 rings (SSSR count). The Morgan fingerprint density at radius 1 is 1.24 bits per heavy atom. The lowest BCUT2D eigenvalue weighted by Crippen LogP contribution is -2.41. The summed E-state index contributed by atoms with van der Waals surface area (Å²) >= 11 is 0. The summed E-state index contributed by atoms with van der Waals surface area (Å²) < 4.78 is 1.63. The Bertz CT molecular complexity index is 805. The van der Waals surface area contributed by atoms with Gasteiger partial charge in [-0.25, -0.2) is 9.67 Å². The van der Waals surface area contributed by atoms with Crippen LogP contribution in [-0.2, 0) is 19.4 Å². The van der Waals surface area contributed by atoms with E-state index in [0.717, 1.165) is 49.8 Å². The number of piperidine rings is 1. The second-order valence-electron chi connectivity index (χ2n) is 6.91. The molecule has 2 aromatic heterocycles. The van der Waals surface area contributed by atoms with E-state index in [2.05, 4.69) is 20.3 Å². The number of carbonyl (C=O) groups excluding carboxylic acids is 1. The van der Waals surface area contributed by atoms with Crippen molar-refractivity contribution < 1.29 is 4.79 Å². The minimum Gasteiger partial charge on any atom is -0.336 e. The second-order valence-corrected chi connectivity index (χ2v) is 6.91. The van der Waals surface area contributed by atoms with Gasteiger partial charge in [0.15, 0.2) is 0 Å². The van der Waals surface area contributed by atoms with Crippen LogP contribution in [-0.4, -0.2) is 48.9 Å². The van der Waals surface area contributed by atoms with Crippen molar-refractivity contribution in [2.45, 2.75) is 45.1 Å². The Hall–Kier alpha value is -2.51. The first-order chi connectivity index (χ1) is 12.2. The van der Waals surface area contributed by atoms with Gasteiger partial charge in [0.25, 0.3) is 11.5 Å². The first-order valence-corrected chi connectivity index (χ1v) is 8.95. The van der Waals surface area contributed by atoms with E-state index in [4.69, 9.17) is 0 Å². The monoisotopic (exact) mass is 342 g/mol. The number of hydrogen-bond acceptors (Lipinski definition) is 5. The first-order valence-electron chi connectivity index (χ1n) is 8.95. The first kappa shape index (κ1) is 16.0. The summed E-state index contributed by atoms with van der Waals surface area (Å²) in [6, 6.07) is 1.77. The zero-order chi connectivity index (χ0) is 17.2. The third-order valence-electron chi connectivity index (χ3n) is 5.22. The molecular weight excluding hydrogens is 320 g/mol. The molecule has 1 fully saturated rings. The summed E-state index contributed by atoms with van der Waals surface area (Å²) in [5, 5.41) is 10.9. The number of aromatic amines is 1. The largest absolute Gasteiger partial charge is 0.336 e. The minimum absolute atomic E-state index is 0.000755. The number of nitrogens with zero attached hydrogens (tertiary/aromatic N) is 5. The van der Waals surface area contributed by atoms with Crippen LogP contribution in [0.25, 0.3) is 0 Å². The molecule has 0 radical (unpaired) electrons. The molecule has 1 aliphatic heterocycles. The Kier molecular flexibility index (Phi) is 4.33. The molecule has 0 saturated carbocycles. The third kappa shape index (κ3) is 3.33. The Morgan fingerprint density at radius 3 is 2.80 bits per heavy atom.